The van der Waals surface area contributed by atoms with E-state index in [0.29, 0.717) is 5.69 Å². The topological polar surface area (TPSA) is 129 Å². The van der Waals surface area contributed by atoms with Crippen molar-refractivity contribution < 1.29 is 19.1 Å². The highest BCUT2D eigenvalue weighted by atomic mass is 16.6. The summed E-state index contributed by atoms with van der Waals surface area (Å²) in [4.78, 5) is 31.3. The van der Waals surface area contributed by atoms with Gasteiger partial charge < -0.3 is 9.73 Å². The molecule has 0 aliphatic heterocycles. The van der Waals surface area contributed by atoms with Gasteiger partial charge in [-0.05, 0) is 24.3 Å². The van der Waals surface area contributed by atoms with Crippen molar-refractivity contribution in [3.05, 3.63) is 68.5 Å². The van der Waals surface area contributed by atoms with Gasteiger partial charge >= 0.3 is 5.88 Å². The highest BCUT2D eigenvalue weighted by Gasteiger charge is 2.10. The van der Waals surface area contributed by atoms with Crippen LogP contribution in [0.2, 0.25) is 0 Å². The van der Waals surface area contributed by atoms with Crippen LogP contribution in [0.25, 0.3) is 6.08 Å². The van der Waals surface area contributed by atoms with Gasteiger partial charge in [0.15, 0.2) is 0 Å². The molecule has 0 bridgehead atoms. The van der Waals surface area contributed by atoms with Gasteiger partial charge in [0.05, 0.1) is 11.0 Å². The Morgan fingerprint density at radius 2 is 1.73 bits per heavy atom. The average molecular weight is 303 g/mol. The van der Waals surface area contributed by atoms with Crippen molar-refractivity contribution in [2.75, 3.05) is 5.32 Å². The molecular formula is C13H9N3O6. The van der Waals surface area contributed by atoms with E-state index in [1.54, 1.807) is 0 Å². The number of hydrogen-bond acceptors (Lipinski definition) is 6. The number of rotatable bonds is 5. The number of carbonyl (C=O) groups is 1. The molecule has 1 N–H and O–H groups in total. The van der Waals surface area contributed by atoms with Gasteiger partial charge in [0, 0.05) is 23.9 Å². The van der Waals surface area contributed by atoms with E-state index in [2.05, 4.69) is 5.32 Å². The van der Waals surface area contributed by atoms with E-state index in [-0.39, 0.29) is 11.4 Å². The van der Waals surface area contributed by atoms with Crippen molar-refractivity contribution in [2.45, 2.75) is 0 Å². The highest BCUT2D eigenvalue weighted by Crippen LogP contribution is 2.17. The number of non-ortho nitro benzene ring substituents is 1. The Kier molecular flexibility index (Phi) is 4.27. The molecule has 0 atom stereocenters. The maximum Gasteiger partial charge on any atom is 0.433 e. The minimum absolute atomic E-state index is 0.0866. The van der Waals surface area contributed by atoms with Crippen LogP contribution in [0.1, 0.15) is 5.76 Å². The third-order valence-corrected chi connectivity index (χ3v) is 2.54. The van der Waals surface area contributed by atoms with Crippen molar-refractivity contribution in [3.63, 3.8) is 0 Å². The van der Waals surface area contributed by atoms with Crippen LogP contribution in [0, 0.1) is 20.2 Å². The minimum Gasteiger partial charge on any atom is -0.401 e. The van der Waals surface area contributed by atoms with Gasteiger partial charge in [-0.1, -0.05) is 0 Å². The van der Waals surface area contributed by atoms with Crippen LogP contribution in [0.5, 0.6) is 0 Å². The van der Waals surface area contributed by atoms with Gasteiger partial charge in [0.2, 0.25) is 5.91 Å². The molecule has 9 nitrogen and oxygen atoms in total. The molecule has 1 aromatic heterocycles. The molecule has 2 aromatic rings. The first-order chi connectivity index (χ1) is 10.5. The summed E-state index contributed by atoms with van der Waals surface area (Å²) in [7, 11) is 0. The van der Waals surface area contributed by atoms with Gasteiger partial charge in [0.1, 0.15) is 10.7 Å². The Hall–Kier alpha value is -3.49. The average Bonchev–Trinajstić information content (AvgIpc) is 2.95. The fourth-order valence-corrected chi connectivity index (χ4v) is 1.54. The van der Waals surface area contributed by atoms with Gasteiger partial charge in [-0.3, -0.25) is 25.0 Å². The summed E-state index contributed by atoms with van der Waals surface area (Å²) < 4.78 is 4.85. The van der Waals surface area contributed by atoms with Gasteiger partial charge in [-0.2, -0.15) is 0 Å². The molecule has 1 heterocycles. The molecule has 0 aliphatic carbocycles. The zero-order valence-electron chi connectivity index (χ0n) is 11.0. The van der Waals surface area contributed by atoms with Crippen molar-refractivity contribution in [2.24, 2.45) is 0 Å². The molecule has 0 saturated heterocycles. The van der Waals surface area contributed by atoms with Crippen LogP contribution in [0.3, 0.4) is 0 Å². The summed E-state index contributed by atoms with van der Waals surface area (Å²) in [6.45, 7) is 0. The second-order valence-electron chi connectivity index (χ2n) is 4.06. The Labute approximate surface area is 123 Å². The lowest BCUT2D eigenvalue weighted by Crippen LogP contribution is -2.07. The van der Waals surface area contributed by atoms with Crippen LogP contribution in [0.4, 0.5) is 17.3 Å². The number of nitro benzene ring substituents is 1. The lowest BCUT2D eigenvalue weighted by molar-refractivity contribution is -0.402. The maximum atomic E-state index is 11.6. The Balaban J connectivity index is 1.98. The molecule has 1 aromatic carbocycles. The third-order valence-electron chi connectivity index (χ3n) is 2.54. The Morgan fingerprint density at radius 3 is 2.27 bits per heavy atom. The van der Waals surface area contributed by atoms with Gasteiger partial charge in [-0.15, -0.1) is 0 Å². The Bertz CT molecular complexity index is 747. The third kappa shape index (κ3) is 3.76. The first-order valence-electron chi connectivity index (χ1n) is 5.93. The molecule has 1 amide bonds. The van der Waals surface area contributed by atoms with E-state index < -0.39 is 21.6 Å². The first-order valence-corrected chi connectivity index (χ1v) is 5.93. The fourth-order valence-electron chi connectivity index (χ4n) is 1.54. The zero-order chi connectivity index (χ0) is 16.1. The second kappa shape index (κ2) is 6.31. The highest BCUT2D eigenvalue weighted by molar-refractivity contribution is 6.01. The maximum absolute atomic E-state index is 11.6. The van der Waals surface area contributed by atoms with Crippen LogP contribution < -0.4 is 5.32 Å². The van der Waals surface area contributed by atoms with E-state index in [1.807, 2.05) is 0 Å². The number of furan rings is 1. The summed E-state index contributed by atoms with van der Waals surface area (Å²) >= 11 is 0. The smallest absolute Gasteiger partial charge is 0.401 e. The summed E-state index contributed by atoms with van der Waals surface area (Å²) in [6.07, 6.45) is 2.40. The summed E-state index contributed by atoms with van der Waals surface area (Å²) in [5.41, 5.74) is 0.294. The van der Waals surface area contributed by atoms with E-state index in [1.165, 1.54) is 42.5 Å². The van der Waals surface area contributed by atoms with E-state index in [0.717, 1.165) is 6.08 Å². The Morgan fingerprint density at radius 1 is 1.05 bits per heavy atom. The van der Waals surface area contributed by atoms with E-state index in [4.69, 9.17) is 4.42 Å². The molecule has 0 unspecified atom stereocenters. The second-order valence-corrected chi connectivity index (χ2v) is 4.06. The zero-order valence-corrected chi connectivity index (χ0v) is 11.0. The number of amides is 1. The lowest BCUT2D eigenvalue weighted by Gasteiger charge is -2.00. The number of nitrogens with zero attached hydrogens (tertiary/aromatic N) is 2. The van der Waals surface area contributed by atoms with Crippen LogP contribution in [-0.4, -0.2) is 15.8 Å². The van der Waals surface area contributed by atoms with Crippen molar-refractivity contribution in [3.8, 4) is 0 Å². The SMILES string of the molecule is O=C(/C=C/c1ccc([N+](=O)[O-])o1)Nc1ccc([N+](=O)[O-])cc1. The fraction of sp³-hybridized carbons (Fsp3) is 0. The van der Waals surface area contributed by atoms with Crippen molar-refractivity contribution in [1.82, 2.24) is 0 Å². The van der Waals surface area contributed by atoms with Crippen LogP contribution >= 0.6 is 0 Å². The number of benzene rings is 1. The minimum atomic E-state index is -0.686. The largest absolute Gasteiger partial charge is 0.433 e. The number of anilines is 1. The standard InChI is InChI=1S/C13H9N3O6/c17-12(7-5-11-6-8-13(22-11)16(20)21)14-9-1-3-10(4-2-9)15(18)19/h1-8H,(H,14,17)/b7-5+. The molecule has 0 saturated carbocycles. The lowest BCUT2D eigenvalue weighted by atomic mass is 10.3. The van der Waals surface area contributed by atoms with Gasteiger partial charge in [0.25, 0.3) is 5.69 Å². The summed E-state index contributed by atoms with van der Waals surface area (Å²) in [5.74, 6) is -0.770. The quantitative estimate of drug-likeness (QED) is 0.513. The number of nitro groups is 2. The molecule has 0 fully saturated rings. The van der Waals surface area contributed by atoms with Crippen molar-refractivity contribution >= 4 is 29.2 Å². The van der Waals surface area contributed by atoms with E-state index >= 15 is 0 Å². The monoisotopic (exact) mass is 303 g/mol. The van der Waals surface area contributed by atoms with Crippen LogP contribution in [-0.2, 0) is 4.79 Å². The van der Waals surface area contributed by atoms with Crippen molar-refractivity contribution in [1.29, 1.82) is 0 Å². The van der Waals surface area contributed by atoms with Gasteiger partial charge in [-0.25, -0.2) is 0 Å². The number of nitrogens with one attached hydrogen (secondary N) is 1. The molecule has 0 aliphatic rings. The first kappa shape index (κ1) is 14.9. The molecule has 22 heavy (non-hydrogen) atoms. The normalized spacial score (nSPS) is 10.5. The summed E-state index contributed by atoms with van der Waals surface area (Å²) in [6, 6.07) is 7.83. The predicted octanol–water partition coefficient (Wildman–Crippen LogP) is 2.75. The molecule has 0 spiro atoms. The molecule has 9 heteroatoms. The summed E-state index contributed by atoms with van der Waals surface area (Å²) in [5, 5.41) is 23.4. The molecular weight excluding hydrogens is 294 g/mol. The molecule has 0 radical (unpaired) electrons. The predicted molar refractivity (Wildman–Crippen MR) is 76.1 cm³/mol. The molecule has 2 rings (SSSR count). The van der Waals surface area contributed by atoms with Crippen LogP contribution in [0.15, 0.2) is 46.9 Å². The number of carbonyl (C=O) groups excluding carboxylic acids is 1. The number of hydrogen-bond donors (Lipinski definition) is 1. The molecule has 112 valence electrons. The van der Waals surface area contributed by atoms with E-state index in [9.17, 15) is 25.0 Å².